The van der Waals surface area contributed by atoms with E-state index in [1.165, 1.54) is 6.33 Å². The molecule has 0 unspecified atom stereocenters. The molecular formula is C21H29N5O4S. The van der Waals surface area contributed by atoms with Gasteiger partial charge in [0.15, 0.2) is 0 Å². The fraction of sp³-hybridized carbons (Fsp3) is 0.571. The highest BCUT2D eigenvalue weighted by molar-refractivity contribution is 7.89. The normalized spacial score (nSPS) is 19.5. The van der Waals surface area contributed by atoms with E-state index in [-0.39, 0.29) is 6.09 Å². The number of ether oxygens (including phenoxy) is 1. The van der Waals surface area contributed by atoms with Crippen LogP contribution in [0.4, 0.5) is 4.79 Å². The average Bonchev–Trinajstić information content (AvgIpc) is 3.17. The number of H-pyrrole nitrogens is 1. The van der Waals surface area contributed by atoms with Crippen LogP contribution in [0.3, 0.4) is 0 Å². The first kappa shape index (κ1) is 21.8. The van der Waals surface area contributed by atoms with Crippen molar-refractivity contribution in [2.45, 2.75) is 50.9 Å². The molecule has 0 atom stereocenters. The second kappa shape index (κ2) is 8.23. The van der Waals surface area contributed by atoms with Gasteiger partial charge in [-0.05, 0) is 45.6 Å². The standard InChI is InChI=1S/C21H29N5O4S/c1-21(2,3)30-20(27)25-8-6-16(7-9-25)31(28,29)26-10-4-15(5-11-26)17-13-23-19-18(17)12-22-14-24-19/h4,12-14,16H,5-11H2,1-3H3,(H,22,23,24). The van der Waals surface area contributed by atoms with Crippen LogP contribution < -0.4 is 0 Å². The predicted molar refractivity (Wildman–Crippen MR) is 118 cm³/mol. The minimum absolute atomic E-state index is 0.351. The minimum Gasteiger partial charge on any atom is -0.444 e. The molecule has 4 rings (SSSR count). The van der Waals surface area contributed by atoms with Crippen LogP contribution >= 0.6 is 0 Å². The number of fused-ring (bicyclic) bond motifs is 1. The van der Waals surface area contributed by atoms with Crippen LogP contribution in [0.25, 0.3) is 16.6 Å². The molecule has 4 heterocycles. The average molecular weight is 448 g/mol. The van der Waals surface area contributed by atoms with Gasteiger partial charge in [-0.2, -0.15) is 4.31 Å². The highest BCUT2D eigenvalue weighted by Gasteiger charge is 2.37. The molecule has 0 saturated carbocycles. The molecule has 1 amide bonds. The van der Waals surface area contributed by atoms with E-state index in [2.05, 4.69) is 15.0 Å². The summed E-state index contributed by atoms with van der Waals surface area (Å²) in [5.41, 5.74) is 2.35. The van der Waals surface area contributed by atoms with Crippen LogP contribution in [0.1, 0.15) is 45.6 Å². The maximum absolute atomic E-state index is 13.2. The van der Waals surface area contributed by atoms with Gasteiger partial charge in [-0.15, -0.1) is 0 Å². The number of amides is 1. The maximum atomic E-state index is 13.2. The second-order valence-corrected chi connectivity index (χ2v) is 11.2. The Morgan fingerprint density at radius 3 is 2.61 bits per heavy atom. The smallest absolute Gasteiger partial charge is 0.410 e. The molecule has 2 aliphatic rings. The molecule has 10 heteroatoms. The van der Waals surface area contributed by atoms with Gasteiger partial charge in [0.25, 0.3) is 0 Å². The monoisotopic (exact) mass is 447 g/mol. The van der Waals surface area contributed by atoms with E-state index in [1.807, 2.05) is 33.0 Å². The molecule has 0 aromatic carbocycles. The fourth-order valence-corrected chi connectivity index (χ4v) is 5.98. The summed E-state index contributed by atoms with van der Waals surface area (Å²) >= 11 is 0. The van der Waals surface area contributed by atoms with E-state index < -0.39 is 20.9 Å². The molecule has 0 spiro atoms. The Hall–Kier alpha value is -2.46. The number of likely N-dealkylation sites (tertiary alicyclic amines) is 1. The van der Waals surface area contributed by atoms with Crippen molar-refractivity contribution in [3.05, 3.63) is 30.4 Å². The van der Waals surface area contributed by atoms with Gasteiger partial charge in [0, 0.05) is 49.5 Å². The summed E-state index contributed by atoms with van der Waals surface area (Å²) < 4.78 is 33.3. The number of carbonyl (C=O) groups excluding carboxylic acids is 1. The van der Waals surface area contributed by atoms with Crippen LogP contribution in [-0.4, -0.2) is 75.7 Å². The van der Waals surface area contributed by atoms with Crippen molar-refractivity contribution in [2.75, 3.05) is 26.2 Å². The van der Waals surface area contributed by atoms with Crippen molar-refractivity contribution in [1.82, 2.24) is 24.2 Å². The van der Waals surface area contributed by atoms with Crippen molar-refractivity contribution in [3.8, 4) is 0 Å². The molecule has 2 aliphatic heterocycles. The van der Waals surface area contributed by atoms with Crippen LogP contribution in [0.2, 0.25) is 0 Å². The highest BCUT2D eigenvalue weighted by atomic mass is 32.2. The summed E-state index contributed by atoms with van der Waals surface area (Å²) in [4.78, 5) is 25.3. The van der Waals surface area contributed by atoms with Crippen molar-refractivity contribution >= 4 is 32.7 Å². The zero-order chi connectivity index (χ0) is 22.2. The molecule has 2 aromatic heterocycles. The molecular weight excluding hydrogens is 418 g/mol. The van der Waals surface area contributed by atoms with E-state index in [0.717, 1.165) is 22.2 Å². The summed E-state index contributed by atoms with van der Waals surface area (Å²) in [6, 6.07) is 0. The van der Waals surface area contributed by atoms with E-state index in [0.29, 0.717) is 45.4 Å². The number of nitrogens with one attached hydrogen (secondary N) is 1. The predicted octanol–water partition coefficient (Wildman–Crippen LogP) is 2.78. The molecule has 168 valence electrons. The van der Waals surface area contributed by atoms with Gasteiger partial charge < -0.3 is 14.6 Å². The Morgan fingerprint density at radius 1 is 1.23 bits per heavy atom. The van der Waals surface area contributed by atoms with E-state index >= 15 is 0 Å². The van der Waals surface area contributed by atoms with Gasteiger partial charge in [0.05, 0.1) is 5.25 Å². The lowest BCUT2D eigenvalue weighted by Gasteiger charge is -2.36. The summed E-state index contributed by atoms with van der Waals surface area (Å²) in [6.45, 7) is 7.05. The number of nitrogens with zero attached hydrogens (tertiary/aromatic N) is 4. The number of piperidine rings is 1. The SMILES string of the molecule is CC(C)(C)OC(=O)N1CCC(S(=O)(=O)N2CC=C(c3c[nH]c4ncncc34)CC2)CC1. The molecule has 31 heavy (non-hydrogen) atoms. The lowest BCUT2D eigenvalue weighted by Crippen LogP contribution is -2.48. The van der Waals surface area contributed by atoms with Crippen molar-refractivity contribution in [3.63, 3.8) is 0 Å². The van der Waals surface area contributed by atoms with Gasteiger partial charge in [-0.3, -0.25) is 0 Å². The number of aromatic nitrogens is 3. The first-order valence-corrected chi connectivity index (χ1v) is 12.1. The summed E-state index contributed by atoms with van der Waals surface area (Å²) in [6.07, 6.45) is 8.27. The van der Waals surface area contributed by atoms with Gasteiger partial charge in [0.1, 0.15) is 17.6 Å². The zero-order valence-electron chi connectivity index (χ0n) is 18.2. The van der Waals surface area contributed by atoms with Gasteiger partial charge in [-0.1, -0.05) is 6.08 Å². The largest absolute Gasteiger partial charge is 0.444 e. The summed E-state index contributed by atoms with van der Waals surface area (Å²) in [7, 11) is -3.43. The van der Waals surface area contributed by atoms with Crippen LogP contribution in [0.5, 0.6) is 0 Å². The zero-order valence-corrected chi connectivity index (χ0v) is 19.0. The Balaban J connectivity index is 1.39. The number of hydrogen-bond donors (Lipinski definition) is 1. The molecule has 9 nitrogen and oxygen atoms in total. The van der Waals surface area contributed by atoms with Crippen LogP contribution in [-0.2, 0) is 14.8 Å². The van der Waals surface area contributed by atoms with E-state index in [1.54, 1.807) is 15.4 Å². The van der Waals surface area contributed by atoms with E-state index in [9.17, 15) is 13.2 Å². The third-order valence-electron chi connectivity index (χ3n) is 5.75. The van der Waals surface area contributed by atoms with Crippen LogP contribution in [0, 0.1) is 0 Å². The Kier molecular flexibility index (Phi) is 5.78. The van der Waals surface area contributed by atoms with Gasteiger partial charge in [-0.25, -0.2) is 23.2 Å². The Morgan fingerprint density at radius 2 is 1.97 bits per heavy atom. The molecule has 0 bridgehead atoms. The topological polar surface area (TPSA) is 108 Å². The second-order valence-electron chi connectivity index (χ2n) is 9.04. The first-order valence-electron chi connectivity index (χ1n) is 10.6. The quantitative estimate of drug-likeness (QED) is 0.775. The number of carbonyl (C=O) groups is 1. The molecule has 0 radical (unpaired) electrons. The first-order chi connectivity index (χ1) is 14.6. The Bertz CT molecular complexity index is 1090. The Labute approximate surface area is 182 Å². The third-order valence-corrected chi connectivity index (χ3v) is 8.11. The van der Waals surface area contributed by atoms with Crippen molar-refractivity contribution in [1.29, 1.82) is 0 Å². The number of hydrogen-bond acceptors (Lipinski definition) is 6. The molecule has 2 aromatic rings. The number of sulfonamides is 1. The lowest BCUT2D eigenvalue weighted by molar-refractivity contribution is 0.0216. The maximum Gasteiger partial charge on any atom is 0.410 e. The molecule has 1 fully saturated rings. The van der Waals surface area contributed by atoms with E-state index in [4.69, 9.17) is 4.74 Å². The summed E-state index contributed by atoms with van der Waals surface area (Å²) in [5.74, 6) is 0. The minimum atomic E-state index is -3.43. The molecule has 1 saturated heterocycles. The van der Waals surface area contributed by atoms with Crippen molar-refractivity contribution in [2.24, 2.45) is 0 Å². The number of rotatable bonds is 3. The fourth-order valence-electron chi connectivity index (χ4n) is 4.13. The van der Waals surface area contributed by atoms with Crippen LogP contribution in [0.15, 0.2) is 24.8 Å². The molecule has 1 N–H and O–H groups in total. The van der Waals surface area contributed by atoms with Crippen molar-refractivity contribution < 1.29 is 17.9 Å². The summed E-state index contributed by atoms with van der Waals surface area (Å²) in [5, 5.41) is 0.474. The van der Waals surface area contributed by atoms with Gasteiger partial charge in [0.2, 0.25) is 10.0 Å². The third kappa shape index (κ3) is 4.59. The lowest BCUT2D eigenvalue weighted by atomic mass is 10.0. The number of aromatic amines is 1. The molecule has 0 aliphatic carbocycles. The highest BCUT2D eigenvalue weighted by Crippen LogP contribution is 2.30. The van der Waals surface area contributed by atoms with Gasteiger partial charge >= 0.3 is 6.09 Å².